The average Bonchev–Trinajstić information content (AvgIpc) is 3.07. The number of carboxylic acid groups (broad SMARTS) is 1. The lowest BCUT2D eigenvalue weighted by Crippen LogP contribution is -1.99. The normalized spacial score (nSPS) is 10.4. The molecular weight excluding hydrogens is 326 g/mol. The zero-order valence-corrected chi connectivity index (χ0v) is 13.1. The van der Waals surface area contributed by atoms with Gasteiger partial charge in [0.25, 0.3) is 5.69 Å². The zero-order valence-electron chi connectivity index (χ0n) is 13.1. The van der Waals surface area contributed by atoms with Gasteiger partial charge in [-0.05, 0) is 30.3 Å². The molecule has 0 atom stereocenters. The number of ether oxygens (including phenoxy) is 1. The molecule has 0 bridgehead atoms. The molecule has 1 N–H and O–H groups in total. The molecule has 0 aliphatic heterocycles. The Morgan fingerprint density at radius 2 is 1.88 bits per heavy atom. The Morgan fingerprint density at radius 1 is 1.20 bits per heavy atom. The molecule has 0 saturated heterocycles. The summed E-state index contributed by atoms with van der Waals surface area (Å²) in [4.78, 5) is 22.2. The van der Waals surface area contributed by atoms with Crippen molar-refractivity contribution in [3.8, 4) is 22.7 Å². The van der Waals surface area contributed by atoms with Gasteiger partial charge >= 0.3 is 5.97 Å². The lowest BCUT2D eigenvalue weighted by Gasteiger charge is -2.03. The summed E-state index contributed by atoms with van der Waals surface area (Å²) >= 11 is 0. The Hall–Kier alpha value is -3.68. The van der Waals surface area contributed by atoms with Gasteiger partial charge in [-0.15, -0.1) is 0 Å². The summed E-state index contributed by atoms with van der Waals surface area (Å²) in [7, 11) is 1.54. The first-order valence-corrected chi connectivity index (χ1v) is 7.22. The number of para-hydroxylation sites is 1. The minimum Gasteiger partial charge on any atom is -0.497 e. The van der Waals surface area contributed by atoms with Crippen molar-refractivity contribution >= 4 is 11.7 Å². The molecule has 1 heterocycles. The first kappa shape index (κ1) is 16.2. The van der Waals surface area contributed by atoms with Crippen molar-refractivity contribution in [2.45, 2.75) is 0 Å². The van der Waals surface area contributed by atoms with E-state index in [2.05, 4.69) is 5.10 Å². The molecule has 126 valence electrons. The first-order valence-electron chi connectivity index (χ1n) is 7.22. The molecule has 0 spiro atoms. The highest BCUT2D eigenvalue weighted by atomic mass is 16.6. The minimum atomic E-state index is -1.21. The smallest absolute Gasteiger partial charge is 0.339 e. The molecule has 3 aromatic rings. The molecule has 2 aromatic carbocycles. The van der Waals surface area contributed by atoms with E-state index in [1.165, 1.54) is 36.2 Å². The van der Waals surface area contributed by atoms with E-state index in [9.17, 15) is 20.0 Å². The standard InChI is InChI=1S/C17H13N3O5/c1-25-12-8-6-11(7-9-12)19-10-14(17(21)22)16(18-19)13-4-2-3-5-15(13)20(23)24/h2-10H,1H3,(H,21,22). The molecule has 3 rings (SSSR count). The van der Waals surface area contributed by atoms with Crippen LogP contribution in [0.2, 0.25) is 0 Å². The molecule has 0 fully saturated rings. The number of benzene rings is 2. The first-order chi connectivity index (χ1) is 12.0. The third-order valence-corrected chi connectivity index (χ3v) is 3.64. The predicted molar refractivity (Wildman–Crippen MR) is 89.2 cm³/mol. The number of nitro benzene ring substituents is 1. The van der Waals surface area contributed by atoms with Crippen LogP contribution in [0.3, 0.4) is 0 Å². The molecule has 0 amide bonds. The van der Waals surface area contributed by atoms with Crippen LogP contribution in [-0.2, 0) is 0 Å². The molecule has 0 saturated carbocycles. The number of rotatable bonds is 5. The van der Waals surface area contributed by atoms with Crippen LogP contribution in [0.5, 0.6) is 5.75 Å². The SMILES string of the molecule is COc1ccc(-n2cc(C(=O)O)c(-c3ccccc3[N+](=O)[O-])n2)cc1. The van der Waals surface area contributed by atoms with Gasteiger partial charge in [0.2, 0.25) is 0 Å². The molecule has 0 unspecified atom stereocenters. The monoisotopic (exact) mass is 339 g/mol. The molecule has 0 aliphatic rings. The van der Waals surface area contributed by atoms with Crippen LogP contribution < -0.4 is 4.74 Å². The van der Waals surface area contributed by atoms with E-state index >= 15 is 0 Å². The average molecular weight is 339 g/mol. The van der Waals surface area contributed by atoms with E-state index in [0.717, 1.165) is 0 Å². The minimum absolute atomic E-state index is 0.0376. The van der Waals surface area contributed by atoms with Gasteiger partial charge in [0.05, 0.1) is 23.3 Å². The highest BCUT2D eigenvalue weighted by Gasteiger charge is 2.24. The number of aromatic carboxylic acids is 1. The van der Waals surface area contributed by atoms with Crippen LogP contribution in [0.4, 0.5) is 5.69 Å². The zero-order chi connectivity index (χ0) is 18.0. The number of nitro groups is 1. The highest BCUT2D eigenvalue weighted by Crippen LogP contribution is 2.31. The van der Waals surface area contributed by atoms with E-state index in [0.29, 0.717) is 11.4 Å². The van der Waals surface area contributed by atoms with Crippen molar-refractivity contribution in [2.75, 3.05) is 7.11 Å². The summed E-state index contributed by atoms with van der Waals surface area (Å²) in [6.45, 7) is 0. The second-order valence-corrected chi connectivity index (χ2v) is 5.11. The molecule has 8 nitrogen and oxygen atoms in total. The van der Waals surface area contributed by atoms with Crippen LogP contribution in [0.15, 0.2) is 54.7 Å². The second-order valence-electron chi connectivity index (χ2n) is 5.11. The second kappa shape index (κ2) is 6.44. The Balaban J connectivity index is 2.16. The predicted octanol–water partition coefficient (Wildman–Crippen LogP) is 3.15. The Morgan fingerprint density at radius 3 is 2.48 bits per heavy atom. The maximum Gasteiger partial charge on any atom is 0.339 e. The van der Waals surface area contributed by atoms with E-state index in [-0.39, 0.29) is 22.5 Å². The molecule has 0 aliphatic carbocycles. The van der Waals surface area contributed by atoms with E-state index in [1.807, 2.05) is 0 Å². The van der Waals surface area contributed by atoms with E-state index in [1.54, 1.807) is 30.3 Å². The number of nitrogens with zero attached hydrogens (tertiary/aromatic N) is 3. The van der Waals surface area contributed by atoms with Gasteiger partial charge in [-0.25, -0.2) is 9.48 Å². The van der Waals surface area contributed by atoms with Crippen LogP contribution in [0, 0.1) is 10.1 Å². The quantitative estimate of drug-likeness (QED) is 0.565. The molecular formula is C17H13N3O5. The van der Waals surface area contributed by atoms with Crippen molar-refractivity contribution in [3.05, 3.63) is 70.4 Å². The van der Waals surface area contributed by atoms with Gasteiger partial charge in [-0.1, -0.05) is 12.1 Å². The molecule has 1 aromatic heterocycles. The number of hydrogen-bond acceptors (Lipinski definition) is 5. The fourth-order valence-electron chi connectivity index (χ4n) is 2.43. The highest BCUT2D eigenvalue weighted by molar-refractivity contribution is 5.96. The van der Waals surface area contributed by atoms with Gasteiger partial charge in [0.15, 0.2) is 0 Å². The summed E-state index contributed by atoms with van der Waals surface area (Å²) in [5, 5.41) is 24.9. The number of hydrogen-bond donors (Lipinski definition) is 1. The lowest BCUT2D eigenvalue weighted by atomic mass is 10.1. The van der Waals surface area contributed by atoms with E-state index < -0.39 is 10.9 Å². The van der Waals surface area contributed by atoms with Crippen LogP contribution in [-0.4, -0.2) is 32.9 Å². The topological polar surface area (TPSA) is 107 Å². The fraction of sp³-hybridized carbons (Fsp3) is 0.0588. The van der Waals surface area contributed by atoms with Gasteiger partial charge in [-0.2, -0.15) is 5.10 Å². The summed E-state index contributed by atoms with van der Waals surface area (Å²) in [6.07, 6.45) is 1.33. The third kappa shape index (κ3) is 3.05. The third-order valence-electron chi connectivity index (χ3n) is 3.64. The van der Waals surface area contributed by atoms with Gasteiger partial charge in [0, 0.05) is 12.3 Å². The van der Waals surface area contributed by atoms with Crippen LogP contribution >= 0.6 is 0 Å². The number of carboxylic acids is 1. The summed E-state index contributed by atoms with van der Waals surface area (Å²) in [6, 6.07) is 12.7. The van der Waals surface area contributed by atoms with Gasteiger partial charge < -0.3 is 9.84 Å². The fourth-order valence-corrected chi connectivity index (χ4v) is 2.43. The summed E-state index contributed by atoms with van der Waals surface area (Å²) in [5.74, 6) is -0.568. The summed E-state index contributed by atoms with van der Waals surface area (Å²) in [5.41, 5.74) is 0.469. The maximum absolute atomic E-state index is 11.6. The Kier molecular flexibility index (Phi) is 4.17. The van der Waals surface area contributed by atoms with Crippen molar-refractivity contribution in [1.82, 2.24) is 9.78 Å². The Labute approximate surface area is 142 Å². The molecule has 0 radical (unpaired) electrons. The number of aromatic nitrogens is 2. The number of methoxy groups -OCH3 is 1. The largest absolute Gasteiger partial charge is 0.497 e. The van der Waals surface area contributed by atoms with Crippen LogP contribution in [0.25, 0.3) is 16.9 Å². The van der Waals surface area contributed by atoms with Crippen molar-refractivity contribution < 1.29 is 19.6 Å². The van der Waals surface area contributed by atoms with Gasteiger partial charge in [-0.3, -0.25) is 10.1 Å². The molecule has 25 heavy (non-hydrogen) atoms. The van der Waals surface area contributed by atoms with Crippen LogP contribution in [0.1, 0.15) is 10.4 Å². The summed E-state index contributed by atoms with van der Waals surface area (Å²) < 4.78 is 6.45. The number of carbonyl (C=O) groups is 1. The van der Waals surface area contributed by atoms with Gasteiger partial charge in [0.1, 0.15) is 17.0 Å². The van der Waals surface area contributed by atoms with Crippen molar-refractivity contribution in [3.63, 3.8) is 0 Å². The van der Waals surface area contributed by atoms with E-state index in [4.69, 9.17) is 4.74 Å². The van der Waals surface area contributed by atoms with Crippen molar-refractivity contribution in [1.29, 1.82) is 0 Å². The maximum atomic E-state index is 11.6. The lowest BCUT2D eigenvalue weighted by molar-refractivity contribution is -0.384. The Bertz CT molecular complexity index is 947. The van der Waals surface area contributed by atoms with Crippen molar-refractivity contribution in [2.24, 2.45) is 0 Å². The molecule has 8 heteroatoms.